The number of esters is 1. The van der Waals surface area contributed by atoms with Crippen molar-refractivity contribution in [1.29, 1.82) is 0 Å². The smallest absolute Gasteiger partial charge is 0.420 e. The lowest BCUT2D eigenvalue weighted by atomic mass is 9.94. The standard InChI is InChI=1S/C27H31N2O8P/c1-17-20(23(30)28(17)24(38(33,34-5)35-6)25(31)37-27(2,3)4)29-21(18-13-9-7-10-14-18)22(36-26(29)32)19-15-11-8-12-16-19/h7-17,20,24H,1-6H3/t17-,20+,24?/m1/s1. The van der Waals surface area contributed by atoms with Crippen molar-refractivity contribution in [2.75, 3.05) is 14.2 Å². The van der Waals surface area contributed by atoms with Gasteiger partial charge in [0, 0.05) is 25.3 Å². The van der Waals surface area contributed by atoms with Crippen LogP contribution in [0.1, 0.15) is 33.7 Å². The molecular weight excluding hydrogens is 511 g/mol. The van der Waals surface area contributed by atoms with Gasteiger partial charge in [0.1, 0.15) is 11.6 Å². The number of ether oxygens (including phenoxy) is 1. The molecule has 1 aliphatic heterocycles. The topological polar surface area (TPSA) is 117 Å². The van der Waals surface area contributed by atoms with E-state index in [4.69, 9.17) is 18.2 Å². The molecule has 0 spiro atoms. The zero-order valence-corrected chi connectivity index (χ0v) is 23.0. The van der Waals surface area contributed by atoms with E-state index in [1.165, 1.54) is 4.57 Å². The molecule has 1 fully saturated rings. The molecule has 3 aromatic rings. The normalized spacial score (nSPS) is 18.7. The molecule has 0 bridgehead atoms. The van der Waals surface area contributed by atoms with Crippen LogP contribution in [0.15, 0.2) is 69.9 Å². The average molecular weight is 543 g/mol. The van der Waals surface area contributed by atoms with Crippen LogP contribution in [-0.2, 0) is 27.9 Å². The monoisotopic (exact) mass is 542 g/mol. The lowest BCUT2D eigenvalue weighted by Crippen LogP contribution is -2.66. The van der Waals surface area contributed by atoms with Gasteiger partial charge in [-0.25, -0.2) is 9.59 Å². The summed E-state index contributed by atoms with van der Waals surface area (Å²) in [6.07, 6.45) is 0. The SMILES string of the molecule is COP(=O)(OC)C(C(=O)OC(C)(C)C)N1C(=O)[C@@H](n2c(-c3ccccc3)c(-c3ccccc3)oc2=O)[C@H]1C. The van der Waals surface area contributed by atoms with Crippen molar-refractivity contribution in [2.24, 2.45) is 0 Å². The van der Waals surface area contributed by atoms with Gasteiger partial charge in [0.2, 0.25) is 11.7 Å². The highest BCUT2D eigenvalue weighted by Gasteiger charge is 2.59. The lowest BCUT2D eigenvalue weighted by Gasteiger charge is -2.49. The van der Waals surface area contributed by atoms with Crippen molar-refractivity contribution >= 4 is 19.5 Å². The quantitative estimate of drug-likeness (QED) is 0.228. The molecule has 0 N–H and O–H groups in total. The van der Waals surface area contributed by atoms with Crippen molar-refractivity contribution in [3.8, 4) is 22.6 Å². The molecule has 0 saturated carbocycles. The molecule has 2 heterocycles. The number of hydrogen-bond donors (Lipinski definition) is 0. The van der Waals surface area contributed by atoms with Gasteiger partial charge < -0.3 is 23.1 Å². The third-order valence-corrected chi connectivity index (χ3v) is 8.37. The van der Waals surface area contributed by atoms with Crippen LogP contribution in [0.4, 0.5) is 0 Å². The van der Waals surface area contributed by atoms with Gasteiger partial charge in [-0.3, -0.25) is 13.9 Å². The Morgan fingerprint density at radius 3 is 1.95 bits per heavy atom. The van der Waals surface area contributed by atoms with E-state index in [2.05, 4.69) is 0 Å². The van der Waals surface area contributed by atoms with Gasteiger partial charge in [-0.15, -0.1) is 0 Å². The van der Waals surface area contributed by atoms with E-state index >= 15 is 0 Å². The summed E-state index contributed by atoms with van der Waals surface area (Å²) in [5, 5.41) is 0. The molecule has 202 valence electrons. The van der Waals surface area contributed by atoms with E-state index in [1.807, 2.05) is 48.5 Å². The van der Waals surface area contributed by atoms with Gasteiger partial charge >= 0.3 is 19.3 Å². The zero-order chi connectivity index (χ0) is 27.8. The molecule has 1 unspecified atom stereocenters. The number of hydrogen-bond acceptors (Lipinski definition) is 8. The fraction of sp³-hybridized carbons (Fsp3) is 0.370. The second-order valence-corrected chi connectivity index (χ2v) is 12.2. The maximum atomic E-state index is 13.7. The van der Waals surface area contributed by atoms with Gasteiger partial charge in [-0.1, -0.05) is 60.7 Å². The summed E-state index contributed by atoms with van der Waals surface area (Å²) in [7, 11) is -1.89. The minimum atomic E-state index is -4.15. The van der Waals surface area contributed by atoms with E-state index in [1.54, 1.807) is 39.8 Å². The van der Waals surface area contributed by atoms with Gasteiger partial charge in [0.05, 0.1) is 11.7 Å². The number of carbonyl (C=O) groups excluding carboxylic acids is 2. The van der Waals surface area contributed by atoms with E-state index < -0.39 is 48.7 Å². The number of oxazole rings is 1. The number of rotatable bonds is 8. The molecule has 0 aliphatic carbocycles. The second kappa shape index (κ2) is 10.4. The highest BCUT2D eigenvalue weighted by Crippen LogP contribution is 2.56. The fourth-order valence-corrected chi connectivity index (χ4v) is 6.10. The molecule has 1 aromatic heterocycles. The van der Waals surface area contributed by atoms with Gasteiger partial charge in [0.25, 0.3) is 0 Å². The molecule has 1 saturated heterocycles. The molecule has 11 heteroatoms. The van der Waals surface area contributed by atoms with Crippen LogP contribution in [0.5, 0.6) is 0 Å². The zero-order valence-electron chi connectivity index (χ0n) is 22.1. The van der Waals surface area contributed by atoms with Crippen LogP contribution >= 0.6 is 7.60 Å². The van der Waals surface area contributed by atoms with Crippen LogP contribution in [0.2, 0.25) is 0 Å². The summed E-state index contributed by atoms with van der Waals surface area (Å²) < 4.78 is 36.1. The van der Waals surface area contributed by atoms with Gasteiger partial charge in [-0.2, -0.15) is 0 Å². The highest BCUT2D eigenvalue weighted by molar-refractivity contribution is 7.55. The van der Waals surface area contributed by atoms with Crippen LogP contribution < -0.4 is 5.76 Å². The third kappa shape index (κ3) is 4.87. The summed E-state index contributed by atoms with van der Waals surface area (Å²) in [4.78, 5) is 41.3. The van der Waals surface area contributed by atoms with Crippen LogP contribution in [0, 0.1) is 0 Å². The first kappa shape index (κ1) is 27.6. The first-order chi connectivity index (χ1) is 17.9. The molecule has 3 atom stereocenters. The number of nitrogens with zero attached hydrogens (tertiary/aromatic N) is 2. The first-order valence-electron chi connectivity index (χ1n) is 12.1. The summed E-state index contributed by atoms with van der Waals surface area (Å²) in [6.45, 7) is 6.60. The maximum absolute atomic E-state index is 13.7. The van der Waals surface area contributed by atoms with Crippen molar-refractivity contribution in [3.63, 3.8) is 0 Å². The summed E-state index contributed by atoms with van der Waals surface area (Å²) >= 11 is 0. The number of aromatic nitrogens is 1. The lowest BCUT2D eigenvalue weighted by molar-refractivity contribution is -0.172. The first-order valence-corrected chi connectivity index (χ1v) is 13.7. The van der Waals surface area contributed by atoms with E-state index in [0.29, 0.717) is 22.6 Å². The average Bonchev–Trinajstić information content (AvgIpc) is 3.23. The Bertz CT molecular complexity index is 1420. The Morgan fingerprint density at radius 2 is 1.47 bits per heavy atom. The third-order valence-electron chi connectivity index (χ3n) is 6.30. The maximum Gasteiger partial charge on any atom is 0.420 e. The Morgan fingerprint density at radius 1 is 0.947 bits per heavy atom. The largest absolute Gasteiger partial charge is 0.458 e. The van der Waals surface area contributed by atoms with E-state index in [-0.39, 0.29) is 0 Å². The number of β-lactam (4-membered cyclic amide) rings is 1. The summed E-state index contributed by atoms with van der Waals surface area (Å²) in [6, 6.07) is 16.4. The summed E-state index contributed by atoms with van der Waals surface area (Å²) in [5.74, 6) is -3.64. The summed E-state index contributed by atoms with van der Waals surface area (Å²) in [5.41, 5.74) is 0.819. The molecule has 10 nitrogen and oxygen atoms in total. The highest BCUT2D eigenvalue weighted by atomic mass is 31.2. The Kier molecular flexibility index (Phi) is 7.52. The van der Waals surface area contributed by atoms with Crippen molar-refractivity contribution in [1.82, 2.24) is 9.47 Å². The van der Waals surface area contributed by atoms with Crippen LogP contribution in [0.25, 0.3) is 22.6 Å². The molecule has 4 rings (SSSR count). The van der Waals surface area contributed by atoms with Crippen molar-refractivity contribution < 1.29 is 32.4 Å². The number of benzene rings is 2. The van der Waals surface area contributed by atoms with Crippen molar-refractivity contribution in [2.45, 2.75) is 51.2 Å². The molecule has 1 amide bonds. The number of likely N-dealkylation sites (tertiary alicyclic amines) is 1. The van der Waals surface area contributed by atoms with E-state index in [0.717, 1.165) is 19.1 Å². The minimum Gasteiger partial charge on any atom is -0.458 e. The van der Waals surface area contributed by atoms with Crippen LogP contribution in [-0.4, -0.2) is 53.0 Å². The van der Waals surface area contributed by atoms with Gasteiger partial charge in [0.15, 0.2) is 5.76 Å². The fourth-order valence-electron chi connectivity index (χ4n) is 4.61. The number of amides is 1. The van der Waals surface area contributed by atoms with Gasteiger partial charge in [-0.05, 0) is 27.7 Å². The van der Waals surface area contributed by atoms with Crippen LogP contribution in [0.3, 0.4) is 0 Å². The Labute approximate surface area is 220 Å². The van der Waals surface area contributed by atoms with E-state index in [9.17, 15) is 18.9 Å². The molecular formula is C27H31N2O8P. The second-order valence-electron chi connectivity index (χ2n) is 9.89. The Balaban J connectivity index is 1.82. The molecule has 2 aromatic carbocycles. The minimum absolute atomic E-state index is 0.309. The predicted molar refractivity (Wildman–Crippen MR) is 140 cm³/mol. The predicted octanol–water partition coefficient (Wildman–Crippen LogP) is 4.70. The molecule has 1 aliphatic rings. The Hall–Kier alpha value is -3.46. The molecule has 38 heavy (non-hydrogen) atoms. The van der Waals surface area contributed by atoms with Crippen molar-refractivity contribution in [3.05, 3.63) is 71.2 Å². The molecule has 0 radical (unpaired) electrons. The number of carbonyl (C=O) groups is 2.